The summed E-state index contributed by atoms with van der Waals surface area (Å²) in [6.45, 7) is 2.10. The van der Waals surface area contributed by atoms with Gasteiger partial charge in [0.2, 0.25) is 5.91 Å². The Morgan fingerprint density at radius 2 is 2.19 bits per heavy atom. The molecule has 1 atom stereocenters. The van der Waals surface area contributed by atoms with E-state index in [0.717, 1.165) is 42.9 Å². The van der Waals surface area contributed by atoms with Gasteiger partial charge in [0.15, 0.2) is 0 Å². The molecule has 0 radical (unpaired) electrons. The molecule has 7 nitrogen and oxygen atoms in total. The highest BCUT2D eigenvalue weighted by molar-refractivity contribution is 5.76. The third-order valence-corrected chi connectivity index (χ3v) is 4.98. The first-order chi connectivity index (χ1) is 13.1. The van der Waals surface area contributed by atoms with Crippen LogP contribution in [0, 0.1) is 5.92 Å². The summed E-state index contributed by atoms with van der Waals surface area (Å²) in [5.41, 5.74) is 1.67. The van der Waals surface area contributed by atoms with Crippen LogP contribution >= 0.6 is 0 Å². The second-order valence-corrected chi connectivity index (χ2v) is 6.92. The highest BCUT2D eigenvalue weighted by Gasteiger charge is 2.23. The maximum absolute atomic E-state index is 12.4. The number of nitrogens with zero attached hydrogens (tertiary/aromatic N) is 3. The SMILES string of the molecule is COc1ccccc1CNC(=O)C[C@H]1CCCN(c2cnn(C)c(=O)c2)C1. The lowest BCUT2D eigenvalue weighted by Crippen LogP contribution is -2.38. The van der Waals surface area contributed by atoms with Crippen LogP contribution in [0.15, 0.2) is 41.3 Å². The summed E-state index contributed by atoms with van der Waals surface area (Å²) >= 11 is 0. The number of piperidine rings is 1. The molecule has 2 aromatic rings. The van der Waals surface area contributed by atoms with Crippen molar-refractivity contribution >= 4 is 11.6 Å². The van der Waals surface area contributed by atoms with E-state index >= 15 is 0 Å². The van der Waals surface area contributed by atoms with Crippen LogP contribution in [-0.4, -0.2) is 35.9 Å². The van der Waals surface area contributed by atoms with Crippen LogP contribution in [0.5, 0.6) is 5.75 Å². The Labute approximate surface area is 158 Å². The van der Waals surface area contributed by atoms with Crippen LogP contribution in [0.1, 0.15) is 24.8 Å². The zero-order valence-electron chi connectivity index (χ0n) is 15.9. The molecular formula is C20H26N4O3. The third kappa shape index (κ3) is 4.87. The summed E-state index contributed by atoms with van der Waals surface area (Å²) in [6.07, 6.45) is 4.20. The fourth-order valence-electron chi connectivity index (χ4n) is 3.48. The standard InChI is InChI=1S/C20H26N4O3/c1-23-20(26)11-17(13-22-23)24-9-5-6-15(14-24)10-19(25)21-12-16-7-3-4-8-18(16)27-2/h3-4,7-8,11,13,15H,5-6,9-10,12,14H2,1-2H3,(H,21,25)/t15-/m1/s1. The van der Waals surface area contributed by atoms with E-state index in [2.05, 4.69) is 15.3 Å². The number of amides is 1. The van der Waals surface area contributed by atoms with Crippen molar-refractivity contribution in [3.63, 3.8) is 0 Å². The van der Waals surface area contributed by atoms with Gasteiger partial charge in [0.1, 0.15) is 5.75 Å². The predicted molar refractivity (Wildman–Crippen MR) is 104 cm³/mol. The molecule has 1 aromatic heterocycles. The van der Waals surface area contributed by atoms with E-state index in [4.69, 9.17) is 4.74 Å². The molecule has 1 aromatic carbocycles. The minimum atomic E-state index is -0.121. The Morgan fingerprint density at radius 3 is 2.96 bits per heavy atom. The molecule has 1 aliphatic rings. The van der Waals surface area contributed by atoms with Crippen LogP contribution < -0.4 is 20.5 Å². The van der Waals surface area contributed by atoms with Gasteiger partial charge < -0.3 is 15.0 Å². The Kier molecular flexibility index (Phi) is 6.11. The van der Waals surface area contributed by atoms with Gasteiger partial charge >= 0.3 is 0 Å². The fourth-order valence-corrected chi connectivity index (χ4v) is 3.48. The van der Waals surface area contributed by atoms with Crippen LogP contribution in [0.3, 0.4) is 0 Å². The number of para-hydroxylation sites is 1. The summed E-state index contributed by atoms with van der Waals surface area (Å²) in [7, 11) is 3.26. The minimum absolute atomic E-state index is 0.0369. The molecule has 2 heterocycles. The summed E-state index contributed by atoms with van der Waals surface area (Å²) in [5, 5.41) is 7.08. The van der Waals surface area contributed by atoms with E-state index in [1.807, 2.05) is 24.3 Å². The van der Waals surface area contributed by atoms with Crippen LogP contribution in [0.25, 0.3) is 0 Å². The Hall–Kier alpha value is -2.83. The highest BCUT2D eigenvalue weighted by atomic mass is 16.5. The Balaban J connectivity index is 1.54. The molecule has 144 valence electrons. The number of carbonyl (C=O) groups is 1. The summed E-state index contributed by atoms with van der Waals surface area (Å²) in [6, 6.07) is 9.29. The van der Waals surface area contributed by atoms with Gasteiger partial charge in [0, 0.05) is 44.7 Å². The Morgan fingerprint density at radius 1 is 1.37 bits per heavy atom. The van der Waals surface area contributed by atoms with Crippen molar-refractivity contribution in [1.82, 2.24) is 15.1 Å². The monoisotopic (exact) mass is 370 g/mol. The predicted octanol–water partition coefficient (Wildman–Crippen LogP) is 1.71. The summed E-state index contributed by atoms with van der Waals surface area (Å²) in [5.74, 6) is 1.08. The van der Waals surface area contributed by atoms with Crippen molar-refractivity contribution in [1.29, 1.82) is 0 Å². The van der Waals surface area contributed by atoms with Crippen molar-refractivity contribution < 1.29 is 9.53 Å². The zero-order valence-corrected chi connectivity index (χ0v) is 15.9. The zero-order chi connectivity index (χ0) is 19.2. The van der Waals surface area contributed by atoms with Crippen molar-refractivity contribution in [3.05, 3.63) is 52.4 Å². The average molecular weight is 370 g/mol. The molecule has 1 aliphatic heterocycles. The van der Waals surface area contributed by atoms with Crippen LogP contribution in [0.4, 0.5) is 5.69 Å². The van der Waals surface area contributed by atoms with Gasteiger partial charge in [-0.3, -0.25) is 9.59 Å². The van der Waals surface area contributed by atoms with Crippen molar-refractivity contribution in [2.24, 2.45) is 13.0 Å². The van der Waals surface area contributed by atoms with E-state index in [1.165, 1.54) is 4.68 Å². The molecule has 1 saturated heterocycles. The normalized spacial score (nSPS) is 16.8. The van der Waals surface area contributed by atoms with E-state index in [0.29, 0.717) is 13.0 Å². The van der Waals surface area contributed by atoms with Gasteiger partial charge in [-0.25, -0.2) is 4.68 Å². The first-order valence-corrected chi connectivity index (χ1v) is 9.23. The van der Waals surface area contributed by atoms with Crippen LogP contribution in [0.2, 0.25) is 0 Å². The highest BCUT2D eigenvalue weighted by Crippen LogP contribution is 2.24. The van der Waals surface area contributed by atoms with E-state index in [9.17, 15) is 9.59 Å². The molecule has 1 amide bonds. The van der Waals surface area contributed by atoms with Gasteiger partial charge in [-0.2, -0.15) is 5.10 Å². The lowest BCUT2D eigenvalue weighted by atomic mass is 9.94. The molecule has 1 fully saturated rings. The van der Waals surface area contributed by atoms with E-state index in [-0.39, 0.29) is 17.4 Å². The molecule has 7 heteroatoms. The summed E-state index contributed by atoms with van der Waals surface area (Å²) < 4.78 is 6.63. The van der Waals surface area contributed by atoms with Crippen molar-refractivity contribution in [2.45, 2.75) is 25.8 Å². The maximum Gasteiger partial charge on any atom is 0.268 e. The first kappa shape index (κ1) is 18.9. The number of hydrogen-bond donors (Lipinski definition) is 1. The van der Waals surface area contributed by atoms with Gasteiger partial charge in [0.25, 0.3) is 5.56 Å². The molecule has 1 N–H and O–H groups in total. The number of methoxy groups -OCH3 is 1. The molecule has 0 bridgehead atoms. The largest absolute Gasteiger partial charge is 0.496 e. The molecule has 0 aliphatic carbocycles. The number of hydrogen-bond acceptors (Lipinski definition) is 5. The van der Waals surface area contributed by atoms with Gasteiger partial charge in [-0.15, -0.1) is 0 Å². The number of benzene rings is 1. The van der Waals surface area contributed by atoms with Crippen LogP contribution in [-0.2, 0) is 18.4 Å². The maximum atomic E-state index is 12.4. The number of aromatic nitrogens is 2. The number of aryl methyl sites for hydroxylation is 1. The third-order valence-electron chi connectivity index (χ3n) is 4.98. The fraction of sp³-hybridized carbons (Fsp3) is 0.450. The molecule has 0 unspecified atom stereocenters. The molecule has 0 spiro atoms. The smallest absolute Gasteiger partial charge is 0.268 e. The minimum Gasteiger partial charge on any atom is -0.496 e. The lowest BCUT2D eigenvalue weighted by Gasteiger charge is -2.33. The lowest BCUT2D eigenvalue weighted by molar-refractivity contribution is -0.122. The Bertz CT molecular complexity index is 849. The second kappa shape index (κ2) is 8.70. The molecule has 3 rings (SSSR count). The molecule has 27 heavy (non-hydrogen) atoms. The quantitative estimate of drug-likeness (QED) is 0.838. The van der Waals surface area contributed by atoms with Crippen molar-refractivity contribution in [3.8, 4) is 5.75 Å². The number of nitrogens with one attached hydrogen (secondary N) is 1. The number of ether oxygens (including phenoxy) is 1. The number of anilines is 1. The van der Waals surface area contributed by atoms with Gasteiger partial charge in [-0.05, 0) is 24.8 Å². The van der Waals surface area contributed by atoms with E-state index in [1.54, 1.807) is 26.4 Å². The first-order valence-electron chi connectivity index (χ1n) is 9.23. The number of rotatable bonds is 6. The second-order valence-electron chi connectivity index (χ2n) is 6.92. The van der Waals surface area contributed by atoms with Gasteiger partial charge in [0.05, 0.1) is 19.0 Å². The summed E-state index contributed by atoms with van der Waals surface area (Å²) in [4.78, 5) is 26.4. The topological polar surface area (TPSA) is 76.5 Å². The van der Waals surface area contributed by atoms with E-state index < -0.39 is 0 Å². The number of carbonyl (C=O) groups excluding carboxylic acids is 1. The molecule has 0 saturated carbocycles. The molecular weight excluding hydrogens is 344 g/mol. The van der Waals surface area contributed by atoms with Crippen molar-refractivity contribution in [2.75, 3.05) is 25.1 Å². The van der Waals surface area contributed by atoms with Gasteiger partial charge in [-0.1, -0.05) is 18.2 Å². The average Bonchev–Trinajstić information content (AvgIpc) is 2.69.